The topological polar surface area (TPSA) is 53.5 Å². The Morgan fingerprint density at radius 3 is 2.08 bits per heavy atom. The monoisotopic (exact) mass is 386 g/mol. The summed E-state index contributed by atoms with van der Waals surface area (Å²) in [5.41, 5.74) is 4.39. The van der Waals surface area contributed by atoms with Gasteiger partial charge in [0.25, 0.3) is 0 Å². The van der Waals surface area contributed by atoms with Gasteiger partial charge in [-0.3, -0.25) is 14.0 Å². The Hall–Kier alpha value is -2.57. The summed E-state index contributed by atoms with van der Waals surface area (Å²) < 4.78 is 5.37. The maximum atomic E-state index is 6.73. The van der Waals surface area contributed by atoms with Crippen molar-refractivity contribution in [2.45, 2.75) is 6.54 Å². The van der Waals surface area contributed by atoms with Crippen LogP contribution in [0, 0.1) is 0 Å². The van der Waals surface area contributed by atoms with Gasteiger partial charge in [0.15, 0.2) is 0 Å². The molecule has 0 aliphatic carbocycles. The highest BCUT2D eigenvalue weighted by atomic mass is 35.5. The van der Waals surface area contributed by atoms with Crippen LogP contribution in [0.5, 0.6) is 0 Å². The molecular formula is C18H16Cl2N6. The summed E-state index contributed by atoms with van der Waals surface area (Å²) in [6.07, 6.45) is 7.37. The van der Waals surface area contributed by atoms with Crippen LogP contribution >= 0.6 is 23.2 Å². The van der Waals surface area contributed by atoms with Crippen molar-refractivity contribution in [3.8, 4) is 22.5 Å². The summed E-state index contributed by atoms with van der Waals surface area (Å²) in [5.74, 6) is 0. The quantitative estimate of drug-likeness (QED) is 0.531. The molecule has 1 aromatic carbocycles. The highest BCUT2D eigenvalue weighted by Crippen LogP contribution is 2.36. The Labute approximate surface area is 160 Å². The third-order valence-electron chi connectivity index (χ3n) is 4.10. The van der Waals surface area contributed by atoms with Gasteiger partial charge >= 0.3 is 0 Å². The molecule has 4 aromatic rings. The lowest BCUT2D eigenvalue weighted by molar-refractivity contribution is 0.697. The minimum atomic E-state index is 0.571. The van der Waals surface area contributed by atoms with Gasteiger partial charge in [0.1, 0.15) is 5.69 Å². The van der Waals surface area contributed by atoms with Gasteiger partial charge in [0.05, 0.1) is 29.7 Å². The summed E-state index contributed by atoms with van der Waals surface area (Å²) in [6, 6.07) is 7.70. The molecule has 0 fully saturated rings. The van der Waals surface area contributed by atoms with Crippen molar-refractivity contribution in [1.29, 1.82) is 0 Å². The van der Waals surface area contributed by atoms with Crippen LogP contribution in [0.15, 0.2) is 49.1 Å². The standard InChI is InChI=1S/C18H16Cl2N6/c1-24-10-13(7-21-24)17-16(20)18(14-8-22-25(2)11-14)26(23-17)9-12-3-5-15(19)6-4-12/h3-8,10-11H,9H2,1-2H3. The van der Waals surface area contributed by atoms with Crippen LogP contribution in [0.4, 0.5) is 0 Å². The molecule has 6 nitrogen and oxygen atoms in total. The van der Waals surface area contributed by atoms with E-state index >= 15 is 0 Å². The fourth-order valence-corrected chi connectivity index (χ4v) is 3.34. The van der Waals surface area contributed by atoms with Crippen LogP contribution in [-0.2, 0) is 20.6 Å². The summed E-state index contributed by atoms with van der Waals surface area (Å²) in [7, 11) is 3.74. The second-order valence-corrected chi connectivity index (χ2v) is 6.92. The first-order chi connectivity index (χ1) is 12.5. The smallest absolute Gasteiger partial charge is 0.115 e. The first kappa shape index (κ1) is 16.9. The second-order valence-electron chi connectivity index (χ2n) is 6.10. The van der Waals surface area contributed by atoms with Crippen LogP contribution < -0.4 is 0 Å². The second kappa shape index (κ2) is 6.63. The van der Waals surface area contributed by atoms with Crippen LogP contribution in [0.1, 0.15) is 5.56 Å². The highest BCUT2D eigenvalue weighted by molar-refractivity contribution is 6.35. The van der Waals surface area contributed by atoms with E-state index in [2.05, 4.69) is 10.2 Å². The van der Waals surface area contributed by atoms with Gasteiger partial charge in [-0.2, -0.15) is 15.3 Å². The van der Waals surface area contributed by atoms with Crippen LogP contribution in [0.3, 0.4) is 0 Å². The van der Waals surface area contributed by atoms with Gasteiger partial charge in [0.2, 0.25) is 0 Å². The fraction of sp³-hybridized carbons (Fsp3) is 0.167. The fourth-order valence-electron chi connectivity index (χ4n) is 2.86. The molecule has 0 saturated heterocycles. The Bertz CT molecular complexity index is 1060. The van der Waals surface area contributed by atoms with Crippen molar-refractivity contribution in [3.05, 3.63) is 64.7 Å². The minimum Gasteiger partial charge on any atom is -0.275 e. The lowest BCUT2D eigenvalue weighted by atomic mass is 10.2. The van der Waals surface area contributed by atoms with Crippen LogP contribution in [0.25, 0.3) is 22.5 Å². The van der Waals surface area contributed by atoms with E-state index in [-0.39, 0.29) is 0 Å². The molecule has 4 rings (SSSR count). The Balaban J connectivity index is 1.84. The molecule has 0 aliphatic rings. The molecule has 3 aromatic heterocycles. The third-order valence-corrected chi connectivity index (χ3v) is 4.71. The first-order valence-electron chi connectivity index (χ1n) is 8.00. The lowest BCUT2D eigenvalue weighted by Gasteiger charge is -2.07. The van der Waals surface area contributed by atoms with Crippen LogP contribution in [0.2, 0.25) is 10.0 Å². The summed E-state index contributed by atoms with van der Waals surface area (Å²) in [4.78, 5) is 0. The van der Waals surface area contributed by atoms with Crippen molar-refractivity contribution < 1.29 is 0 Å². The molecule has 0 N–H and O–H groups in total. The molecule has 0 unspecified atom stereocenters. The number of hydrogen-bond acceptors (Lipinski definition) is 3. The molecule has 0 aliphatic heterocycles. The molecule has 26 heavy (non-hydrogen) atoms. The number of halogens is 2. The van der Waals surface area contributed by atoms with E-state index in [0.717, 1.165) is 22.4 Å². The van der Waals surface area contributed by atoms with Crippen molar-refractivity contribution in [3.63, 3.8) is 0 Å². The maximum absolute atomic E-state index is 6.73. The molecule has 0 saturated carbocycles. The number of nitrogens with zero attached hydrogens (tertiary/aromatic N) is 6. The molecule has 0 radical (unpaired) electrons. The summed E-state index contributed by atoms with van der Waals surface area (Å²) >= 11 is 12.7. The van der Waals surface area contributed by atoms with Gasteiger partial charge < -0.3 is 0 Å². The minimum absolute atomic E-state index is 0.571. The Morgan fingerprint density at radius 2 is 1.50 bits per heavy atom. The molecule has 0 spiro atoms. The predicted molar refractivity (Wildman–Crippen MR) is 102 cm³/mol. The zero-order valence-electron chi connectivity index (χ0n) is 14.3. The first-order valence-corrected chi connectivity index (χ1v) is 8.75. The summed E-state index contributed by atoms with van der Waals surface area (Å²) in [5, 5.41) is 14.5. The van der Waals surface area contributed by atoms with E-state index in [1.165, 1.54) is 0 Å². The SMILES string of the molecule is Cn1cc(-c2nn(Cc3ccc(Cl)cc3)c(-c3cnn(C)c3)c2Cl)cn1. The van der Waals surface area contributed by atoms with Gasteiger partial charge in [-0.1, -0.05) is 35.3 Å². The molecule has 0 amide bonds. The van der Waals surface area contributed by atoms with Crippen molar-refractivity contribution in [2.75, 3.05) is 0 Å². The zero-order chi connectivity index (χ0) is 18.3. The van der Waals surface area contributed by atoms with Crippen molar-refractivity contribution in [1.82, 2.24) is 29.3 Å². The average Bonchev–Trinajstić information content (AvgIpc) is 3.29. The van der Waals surface area contributed by atoms with E-state index in [0.29, 0.717) is 22.3 Å². The van der Waals surface area contributed by atoms with Crippen LogP contribution in [-0.4, -0.2) is 29.3 Å². The van der Waals surface area contributed by atoms with Crippen molar-refractivity contribution in [2.24, 2.45) is 14.1 Å². The number of rotatable bonds is 4. The van der Waals surface area contributed by atoms with E-state index in [1.807, 2.05) is 55.4 Å². The van der Waals surface area contributed by atoms with Crippen molar-refractivity contribution >= 4 is 23.2 Å². The number of aryl methyl sites for hydroxylation is 2. The molecule has 0 atom stereocenters. The predicted octanol–water partition coefficient (Wildman–Crippen LogP) is 4.04. The zero-order valence-corrected chi connectivity index (χ0v) is 15.8. The average molecular weight is 387 g/mol. The Kier molecular flexibility index (Phi) is 4.30. The van der Waals surface area contributed by atoms with Gasteiger partial charge in [-0.15, -0.1) is 0 Å². The number of aromatic nitrogens is 6. The highest BCUT2D eigenvalue weighted by Gasteiger charge is 2.21. The lowest BCUT2D eigenvalue weighted by Crippen LogP contribution is -2.03. The van der Waals surface area contributed by atoms with E-state index in [9.17, 15) is 0 Å². The molecule has 0 bridgehead atoms. The van der Waals surface area contributed by atoms with Gasteiger partial charge in [0, 0.05) is 42.6 Å². The Morgan fingerprint density at radius 1 is 0.885 bits per heavy atom. The van der Waals surface area contributed by atoms with Gasteiger partial charge in [-0.05, 0) is 17.7 Å². The maximum Gasteiger partial charge on any atom is 0.115 e. The summed E-state index contributed by atoms with van der Waals surface area (Å²) in [6.45, 7) is 0.571. The van der Waals surface area contributed by atoms with Gasteiger partial charge in [-0.25, -0.2) is 0 Å². The number of benzene rings is 1. The normalized spacial score (nSPS) is 11.2. The third kappa shape index (κ3) is 3.13. The molecule has 132 valence electrons. The van der Waals surface area contributed by atoms with E-state index in [4.69, 9.17) is 28.3 Å². The number of hydrogen-bond donors (Lipinski definition) is 0. The molecule has 3 heterocycles. The van der Waals surface area contributed by atoms with E-state index in [1.54, 1.807) is 21.8 Å². The molecule has 8 heteroatoms. The largest absolute Gasteiger partial charge is 0.275 e. The molecular weight excluding hydrogens is 371 g/mol. The van der Waals surface area contributed by atoms with E-state index < -0.39 is 0 Å².